The van der Waals surface area contributed by atoms with Gasteiger partial charge in [-0.05, 0) is 18.2 Å². The first-order chi connectivity index (χ1) is 8.97. The molecule has 19 heavy (non-hydrogen) atoms. The van der Waals surface area contributed by atoms with Gasteiger partial charge in [-0.15, -0.1) is 0 Å². The molecule has 1 aromatic carbocycles. The van der Waals surface area contributed by atoms with Gasteiger partial charge in [-0.3, -0.25) is 4.79 Å². The molecule has 0 bridgehead atoms. The highest BCUT2D eigenvalue weighted by Gasteiger charge is 2.19. The van der Waals surface area contributed by atoms with E-state index in [1.165, 1.54) is 7.11 Å². The molecule has 0 aliphatic heterocycles. The standard InChI is InChI=1S/C12H14ClNO5/c1-19-10-3-2-8(13)4-7(10)5-11(16)14-9(6-15)12(17)18/h2-4,9,15H,5-6H2,1H3,(H,14,16)(H,17,18)/t9-/m1/s1. The molecule has 0 heterocycles. The van der Waals surface area contributed by atoms with E-state index in [-0.39, 0.29) is 6.42 Å². The lowest BCUT2D eigenvalue weighted by Crippen LogP contribution is -2.43. The van der Waals surface area contributed by atoms with E-state index in [0.29, 0.717) is 16.3 Å². The predicted octanol–water partition coefficient (Wildman–Crippen LogP) is 0.453. The van der Waals surface area contributed by atoms with Crippen LogP contribution in [0.1, 0.15) is 5.56 Å². The number of nitrogens with one attached hydrogen (secondary N) is 1. The molecule has 104 valence electrons. The maximum Gasteiger partial charge on any atom is 0.328 e. The van der Waals surface area contributed by atoms with Gasteiger partial charge in [-0.25, -0.2) is 4.79 Å². The largest absolute Gasteiger partial charge is 0.496 e. The Morgan fingerprint density at radius 1 is 1.47 bits per heavy atom. The molecule has 0 aliphatic carbocycles. The average Bonchev–Trinajstić information content (AvgIpc) is 2.35. The number of carbonyl (C=O) groups is 2. The number of carbonyl (C=O) groups excluding carboxylic acids is 1. The number of ether oxygens (including phenoxy) is 1. The van der Waals surface area contributed by atoms with Crippen molar-refractivity contribution in [1.29, 1.82) is 0 Å². The number of aliphatic carboxylic acids is 1. The minimum absolute atomic E-state index is 0.0898. The molecule has 0 aromatic heterocycles. The van der Waals surface area contributed by atoms with Crippen LogP contribution in [0.4, 0.5) is 0 Å². The van der Waals surface area contributed by atoms with Crippen LogP contribution in [0.15, 0.2) is 18.2 Å². The minimum Gasteiger partial charge on any atom is -0.496 e. The number of rotatable bonds is 6. The second-order valence-electron chi connectivity index (χ2n) is 3.77. The number of amides is 1. The number of hydrogen-bond acceptors (Lipinski definition) is 4. The van der Waals surface area contributed by atoms with E-state index in [4.69, 9.17) is 26.6 Å². The van der Waals surface area contributed by atoms with Crippen molar-refractivity contribution in [3.8, 4) is 5.75 Å². The van der Waals surface area contributed by atoms with Gasteiger partial charge >= 0.3 is 5.97 Å². The van der Waals surface area contributed by atoms with Crippen molar-refractivity contribution in [2.24, 2.45) is 0 Å². The van der Waals surface area contributed by atoms with Crippen LogP contribution in [0.2, 0.25) is 5.02 Å². The first-order valence-corrected chi connectivity index (χ1v) is 5.81. The van der Waals surface area contributed by atoms with Gasteiger partial charge in [0.05, 0.1) is 20.1 Å². The Hall–Kier alpha value is -1.79. The Kier molecular flexibility index (Phi) is 5.59. The minimum atomic E-state index is -1.32. The van der Waals surface area contributed by atoms with Gasteiger partial charge in [0, 0.05) is 10.6 Å². The van der Waals surface area contributed by atoms with Crippen molar-refractivity contribution in [2.75, 3.05) is 13.7 Å². The summed E-state index contributed by atoms with van der Waals surface area (Å²) in [5.74, 6) is -1.36. The summed E-state index contributed by atoms with van der Waals surface area (Å²) in [5, 5.41) is 20.2. The lowest BCUT2D eigenvalue weighted by molar-refractivity contribution is -0.142. The molecule has 0 fully saturated rings. The molecule has 0 spiro atoms. The Bertz CT molecular complexity index is 477. The molecule has 0 unspecified atom stereocenters. The predicted molar refractivity (Wildman–Crippen MR) is 68.4 cm³/mol. The zero-order chi connectivity index (χ0) is 14.4. The fraction of sp³-hybridized carbons (Fsp3) is 0.333. The summed E-state index contributed by atoms with van der Waals surface area (Å²) in [5.41, 5.74) is 0.537. The number of halogens is 1. The summed E-state index contributed by atoms with van der Waals surface area (Å²) in [4.78, 5) is 22.4. The van der Waals surface area contributed by atoms with Crippen molar-refractivity contribution < 1.29 is 24.5 Å². The number of methoxy groups -OCH3 is 1. The second-order valence-corrected chi connectivity index (χ2v) is 4.21. The molecule has 0 radical (unpaired) electrons. The highest BCUT2D eigenvalue weighted by atomic mass is 35.5. The quantitative estimate of drug-likeness (QED) is 0.706. The summed E-state index contributed by atoms with van der Waals surface area (Å²) in [6.07, 6.45) is -0.0898. The maximum atomic E-state index is 11.7. The average molecular weight is 288 g/mol. The lowest BCUT2D eigenvalue weighted by atomic mass is 10.1. The molecule has 3 N–H and O–H groups in total. The molecule has 0 saturated carbocycles. The third-order valence-electron chi connectivity index (χ3n) is 2.41. The highest BCUT2D eigenvalue weighted by molar-refractivity contribution is 6.30. The Morgan fingerprint density at radius 2 is 2.16 bits per heavy atom. The van der Waals surface area contributed by atoms with Gasteiger partial charge in [0.25, 0.3) is 0 Å². The smallest absolute Gasteiger partial charge is 0.328 e. The van der Waals surface area contributed by atoms with Crippen molar-refractivity contribution in [3.63, 3.8) is 0 Å². The van der Waals surface area contributed by atoms with Gasteiger partial charge < -0.3 is 20.3 Å². The van der Waals surface area contributed by atoms with E-state index in [1.54, 1.807) is 18.2 Å². The van der Waals surface area contributed by atoms with E-state index < -0.39 is 24.5 Å². The summed E-state index contributed by atoms with van der Waals surface area (Å²) in [6, 6.07) is 3.48. The van der Waals surface area contributed by atoms with Crippen LogP contribution in [0, 0.1) is 0 Å². The maximum absolute atomic E-state index is 11.7. The fourth-order valence-corrected chi connectivity index (χ4v) is 1.68. The molecule has 6 nitrogen and oxygen atoms in total. The molecule has 0 saturated heterocycles. The molecule has 1 aromatic rings. The number of aliphatic hydroxyl groups is 1. The molecule has 7 heteroatoms. The van der Waals surface area contributed by atoms with E-state index in [1.807, 2.05) is 0 Å². The summed E-state index contributed by atoms with van der Waals surface area (Å²) < 4.78 is 5.08. The molecule has 0 aliphatic rings. The second kappa shape index (κ2) is 6.96. The molecule has 1 amide bonds. The molecular formula is C12H14ClNO5. The van der Waals surface area contributed by atoms with Crippen molar-refractivity contribution in [2.45, 2.75) is 12.5 Å². The van der Waals surface area contributed by atoms with Crippen LogP contribution in [0.3, 0.4) is 0 Å². The molecule has 1 atom stereocenters. The van der Waals surface area contributed by atoms with Crippen LogP contribution in [0.25, 0.3) is 0 Å². The summed E-state index contributed by atoms with van der Waals surface area (Å²) in [6.45, 7) is -0.673. The summed E-state index contributed by atoms with van der Waals surface area (Å²) in [7, 11) is 1.46. The Balaban J connectivity index is 2.76. The molecular weight excluding hydrogens is 274 g/mol. The number of aliphatic hydroxyl groups excluding tert-OH is 1. The van der Waals surface area contributed by atoms with E-state index in [0.717, 1.165) is 0 Å². The van der Waals surface area contributed by atoms with Crippen LogP contribution < -0.4 is 10.1 Å². The van der Waals surface area contributed by atoms with E-state index in [2.05, 4.69) is 5.32 Å². The lowest BCUT2D eigenvalue weighted by Gasteiger charge is -2.13. The van der Waals surface area contributed by atoms with Gasteiger partial charge in [0.1, 0.15) is 11.8 Å². The van der Waals surface area contributed by atoms with E-state index >= 15 is 0 Å². The normalized spacial score (nSPS) is 11.7. The highest BCUT2D eigenvalue weighted by Crippen LogP contribution is 2.22. The summed E-state index contributed by atoms with van der Waals surface area (Å²) >= 11 is 5.82. The zero-order valence-corrected chi connectivity index (χ0v) is 11.0. The zero-order valence-electron chi connectivity index (χ0n) is 10.2. The van der Waals surface area contributed by atoms with Crippen molar-refractivity contribution in [3.05, 3.63) is 28.8 Å². The van der Waals surface area contributed by atoms with Crippen molar-refractivity contribution in [1.82, 2.24) is 5.32 Å². The third-order valence-corrected chi connectivity index (χ3v) is 2.64. The SMILES string of the molecule is COc1ccc(Cl)cc1CC(=O)N[C@H](CO)C(=O)O. The number of carboxylic acid groups (broad SMARTS) is 1. The third kappa shape index (κ3) is 4.42. The first-order valence-electron chi connectivity index (χ1n) is 5.43. The van der Waals surface area contributed by atoms with Crippen molar-refractivity contribution >= 4 is 23.5 Å². The Morgan fingerprint density at radius 3 is 2.68 bits per heavy atom. The topological polar surface area (TPSA) is 95.9 Å². The number of carboxylic acids is 1. The first kappa shape index (κ1) is 15.3. The van der Waals surface area contributed by atoms with Crippen LogP contribution >= 0.6 is 11.6 Å². The number of benzene rings is 1. The van der Waals surface area contributed by atoms with Gasteiger partial charge in [-0.2, -0.15) is 0 Å². The fourth-order valence-electron chi connectivity index (χ4n) is 1.49. The van der Waals surface area contributed by atoms with Crippen LogP contribution in [0.5, 0.6) is 5.75 Å². The number of hydrogen-bond donors (Lipinski definition) is 3. The van der Waals surface area contributed by atoms with Gasteiger partial charge in [0.2, 0.25) is 5.91 Å². The van der Waals surface area contributed by atoms with E-state index in [9.17, 15) is 9.59 Å². The molecule has 1 rings (SSSR count). The Labute approximate surface area is 114 Å². The van der Waals surface area contributed by atoms with Crippen LogP contribution in [-0.2, 0) is 16.0 Å². The van der Waals surface area contributed by atoms with Gasteiger partial charge in [-0.1, -0.05) is 11.6 Å². The van der Waals surface area contributed by atoms with Gasteiger partial charge in [0.15, 0.2) is 0 Å². The van der Waals surface area contributed by atoms with Crippen LogP contribution in [-0.4, -0.2) is 41.8 Å². The monoisotopic (exact) mass is 287 g/mol.